The van der Waals surface area contributed by atoms with Gasteiger partial charge in [0.05, 0.1) is 5.69 Å². The summed E-state index contributed by atoms with van der Waals surface area (Å²) in [5, 5.41) is 3.08. The Morgan fingerprint density at radius 3 is 2.58 bits per heavy atom. The molecule has 0 unspecified atom stereocenters. The van der Waals surface area contributed by atoms with Crippen LogP contribution in [0.15, 0.2) is 22.6 Å². The molecular weight excluding hydrogens is 363 g/mol. The largest absolute Gasteiger partial charge is 0.439 e. The molecule has 0 spiro atoms. The van der Waals surface area contributed by atoms with Crippen LogP contribution in [0, 0.1) is 31.3 Å². The number of rotatable bonds is 5. The second-order valence-corrected chi connectivity index (χ2v) is 7.42. The molecule has 2 N–H and O–H groups in total. The smallest absolute Gasteiger partial charge is 0.192 e. The van der Waals surface area contributed by atoms with Crippen LogP contribution in [0.1, 0.15) is 24.3 Å². The number of halogens is 3. The van der Waals surface area contributed by atoms with Gasteiger partial charge in [0.25, 0.3) is 0 Å². The van der Waals surface area contributed by atoms with E-state index in [1.165, 1.54) is 24.1 Å². The zero-order valence-electron chi connectivity index (χ0n) is 14.1. The number of hydrogen-bond donors (Lipinski definition) is 2. The third kappa shape index (κ3) is 3.09. The Hall–Kier alpha value is -2.35. The van der Waals surface area contributed by atoms with Crippen molar-refractivity contribution in [2.45, 2.75) is 31.9 Å². The molecule has 1 fully saturated rings. The molecule has 1 aliphatic carbocycles. The van der Waals surface area contributed by atoms with Crippen molar-refractivity contribution >= 4 is 40.1 Å². The average molecular weight is 379 g/mol. The molecule has 0 radical (unpaired) electrons. The highest BCUT2D eigenvalue weighted by molar-refractivity contribution is 8.01. The average Bonchev–Trinajstić information content (AvgIpc) is 3.34. The number of nitrogens with one attached hydrogen (secondary N) is 2. The molecule has 4 rings (SSSR count). The Labute approximate surface area is 152 Å². The van der Waals surface area contributed by atoms with Crippen molar-refractivity contribution in [2.75, 3.05) is 10.0 Å². The van der Waals surface area contributed by atoms with Gasteiger partial charge < -0.3 is 14.5 Å². The Morgan fingerprint density at radius 1 is 1.12 bits per heavy atom. The van der Waals surface area contributed by atoms with E-state index in [1.54, 1.807) is 19.9 Å². The summed E-state index contributed by atoms with van der Waals surface area (Å²) >= 11 is 1.40. The summed E-state index contributed by atoms with van der Waals surface area (Å²) in [6.07, 6.45) is 2.10. The van der Waals surface area contributed by atoms with Crippen LogP contribution in [-0.4, -0.2) is 10.2 Å². The zero-order valence-corrected chi connectivity index (χ0v) is 14.9. The predicted octanol–water partition coefficient (Wildman–Crippen LogP) is 5.83. The molecule has 4 nitrogen and oxygen atoms in total. The summed E-state index contributed by atoms with van der Waals surface area (Å²) in [4.78, 5) is 3.92. The van der Waals surface area contributed by atoms with E-state index in [9.17, 15) is 13.2 Å². The topological polar surface area (TPSA) is 50.1 Å². The van der Waals surface area contributed by atoms with Crippen molar-refractivity contribution in [1.29, 1.82) is 0 Å². The van der Waals surface area contributed by atoms with Gasteiger partial charge in [-0.05, 0) is 49.4 Å². The molecule has 0 saturated heterocycles. The predicted molar refractivity (Wildman–Crippen MR) is 97.3 cm³/mol. The second kappa shape index (κ2) is 6.42. The van der Waals surface area contributed by atoms with Gasteiger partial charge in [0.15, 0.2) is 28.6 Å². The minimum atomic E-state index is -1.13. The van der Waals surface area contributed by atoms with E-state index in [1.807, 2.05) is 0 Å². The van der Waals surface area contributed by atoms with Gasteiger partial charge in [-0.25, -0.2) is 18.2 Å². The summed E-state index contributed by atoms with van der Waals surface area (Å²) < 4.78 is 51.9. The maximum absolute atomic E-state index is 14.7. The van der Waals surface area contributed by atoms with Gasteiger partial charge in [0.2, 0.25) is 0 Å². The van der Waals surface area contributed by atoms with Crippen LogP contribution in [-0.2, 0) is 0 Å². The minimum absolute atomic E-state index is 0.0453. The number of aromatic nitrogens is 1. The summed E-state index contributed by atoms with van der Waals surface area (Å²) in [7, 11) is 0. The van der Waals surface area contributed by atoms with Crippen LogP contribution in [0.5, 0.6) is 0 Å². The van der Waals surface area contributed by atoms with E-state index in [2.05, 4.69) is 15.0 Å². The Morgan fingerprint density at radius 2 is 1.88 bits per heavy atom. The van der Waals surface area contributed by atoms with Gasteiger partial charge in [0.1, 0.15) is 17.2 Å². The fourth-order valence-corrected chi connectivity index (χ4v) is 3.43. The Kier molecular flexibility index (Phi) is 4.22. The van der Waals surface area contributed by atoms with Gasteiger partial charge >= 0.3 is 0 Å². The van der Waals surface area contributed by atoms with Crippen LogP contribution < -0.4 is 10.0 Å². The first kappa shape index (κ1) is 17.1. The number of aryl methyl sites for hydroxylation is 2. The minimum Gasteiger partial charge on any atom is -0.439 e. The zero-order chi connectivity index (χ0) is 18.4. The first-order valence-corrected chi connectivity index (χ1v) is 9.05. The molecule has 1 heterocycles. The van der Waals surface area contributed by atoms with Gasteiger partial charge in [-0.2, -0.15) is 0 Å². The van der Waals surface area contributed by atoms with E-state index in [4.69, 9.17) is 4.42 Å². The molecular formula is C18H16F3N3OS. The first-order valence-electron chi connectivity index (χ1n) is 8.17. The van der Waals surface area contributed by atoms with E-state index in [-0.39, 0.29) is 34.1 Å². The van der Waals surface area contributed by atoms with Crippen LogP contribution in [0.3, 0.4) is 0 Å². The van der Waals surface area contributed by atoms with Crippen molar-refractivity contribution in [1.82, 2.24) is 4.98 Å². The van der Waals surface area contributed by atoms with Gasteiger partial charge in [-0.1, -0.05) is 6.07 Å². The molecule has 26 heavy (non-hydrogen) atoms. The van der Waals surface area contributed by atoms with Gasteiger partial charge in [-0.3, -0.25) is 0 Å². The second-order valence-electron chi connectivity index (χ2n) is 6.32. The van der Waals surface area contributed by atoms with E-state index in [0.29, 0.717) is 5.25 Å². The quantitative estimate of drug-likeness (QED) is 0.547. The van der Waals surface area contributed by atoms with Gasteiger partial charge in [0, 0.05) is 12.2 Å². The fourth-order valence-electron chi connectivity index (χ4n) is 2.58. The standard InChI is InChI=1S/C18H16F3N3OS/c1-8-3-6-12(11(19)7-8)23-15-13(20)14(21)16-18(25-9(2)22-16)17(15)24-26-10-4-5-10/h3,6-7,10,23-24H,4-5H2,1-2H3. The molecule has 0 bridgehead atoms. The van der Waals surface area contributed by atoms with Crippen molar-refractivity contribution in [3.8, 4) is 0 Å². The van der Waals surface area contributed by atoms with Crippen molar-refractivity contribution in [2.24, 2.45) is 0 Å². The molecule has 136 valence electrons. The maximum atomic E-state index is 14.7. The third-order valence-corrected chi connectivity index (χ3v) is 5.19. The van der Waals surface area contributed by atoms with Crippen molar-refractivity contribution in [3.05, 3.63) is 47.1 Å². The summed E-state index contributed by atoms with van der Waals surface area (Å²) in [6, 6.07) is 4.48. The van der Waals surface area contributed by atoms with Crippen LogP contribution >= 0.6 is 11.9 Å². The van der Waals surface area contributed by atoms with Crippen LogP contribution in [0.4, 0.5) is 30.2 Å². The molecule has 2 aromatic carbocycles. The van der Waals surface area contributed by atoms with E-state index >= 15 is 0 Å². The molecule has 1 aliphatic rings. The molecule has 0 atom stereocenters. The maximum Gasteiger partial charge on any atom is 0.192 e. The highest BCUT2D eigenvalue weighted by Crippen LogP contribution is 2.43. The number of benzene rings is 2. The molecule has 1 saturated carbocycles. The molecule has 1 aromatic heterocycles. The first-order chi connectivity index (χ1) is 12.4. The Bertz CT molecular complexity index is 1000. The molecule has 3 aromatic rings. The summed E-state index contributed by atoms with van der Waals surface area (Å²) in [5.41, 5.74) is 0.699. The lowest BCUT2D eigenvalue weighted by Crippen LogP contribution is -2.04. The number of nitrogens with zero attached hydrogens (tertiary/aromatic N) is 1. The molecule has 0 aliphatic heterocycles. The number of fused-ring (bicyclic) bond motifs is 1. The normalized spacial score (nSPS) is 14.0. The molecule has 0 amide bonds. The summed E-state index contributed by atoms with van der Waals surface area (Å²) in [5.74, 6) is -2.60. The lowest BCUT2D eigenvalue weighted by atomic mass is 10.2. The lowest BCUT2D eigenvalue weighted by molar-refractivity contribution is 0.518. The van der Waals surface area contributed by atoms with Crippen LogP contribution in [0.25, 0.3) is 11.1 Å². The van der Waals surface area contributed by atoms with Crippen molar-refractivity contribution < 1.29 is 17.6 Å². The third-order valence-electron chi connectivity index (χ3n) is 4.07. The molecule has 8 heteroatoms. The lowest BCUT2D eigenvalue weighted by Gasteiger charge is -2.15. The fraction of sp³-hybridized carbons (Fsp3) is 0.278. The number of hydrogen-bond acceptors (Lipinski definition) is 5. The highest BCUT2D eigenvalue weighted by atomic mass is 32.2. The summed E-state index contributed by atoms with van der Waals surface area (Å²) in [6.45, 7) is 3.30. The number of oxazole rings is 1. The van der Waals surface area contributed by atoms with Gasteiger partial charge in [-0.15, -0.1) is 0 Å². The number of anilines is 3. The van der Waals surface area contributed by atoms with E-state index in [0.717, 1.165) is 18.4 Å². The monoisotopic (exact) mass is 379 g/mol. The highest BCUT2D eigenvalue weighted by Gasteiger charge is 2.28. The van der Waals surface area contributed by atoms with Crippen molar-refractivity contribution in [3.63, 3.8) is 0 Å². The SMILES string of the molecule is Cc1ccc(Nc2c(F)c(F)c3nc(C)oc3c2NSC2CC2)c(F)c1. The van der Waals surface area contributed by atoms with Crippen LogP contribution in [0.2, 0.25) is 0 Å². The van der Waals surface area contributed by atoms with E-state index < -0.39 is 17.5 Å². The Balaban J connectivity index is 1.84.